The average molecular weight is 329 g/mol. The number of benzene rings is 1. The Kier molecular flexibility index (Phi) is 4.51. The average Bonchev–Trinajstić information content (AvgIpc) is 3.25. The highest BCUT2D eigenvalue weighted by atomic mass is 16.7. The van der Waals surface area contributed by atoms with E-state index in [2.05, 4.69) is 5.32 Å². The number of carbonyl (C=O) groups is 2. The van der Waals surface area contributed by atoms with Crippen molar-refractivity contribution < 1.29 is 28.2 Å². The molecule has 0 atom stereocenters. The molecule has 0 saturated carbocycles. The first-order valence-corrected chi connectivity index (χ1v) is 7.30. The molecule has 1 amide bonds. The SMILES string of the molecule is CCOC(=O)C(=Cc1ccc2c(c1)OCO2)NC(=O)c1ccco1. The Morgan fingerprint density at radius 2 is 2.08 bits per heavy atom. The van der Waals surface area contributed by atoms with Crippen molar-refractivity contribution in [2.75, 3.05) is 13.4 Å². The van der Waals surface area contributed by atoms with Crippen LogP contribution in [0.2, 0.25) is 0 Å². The molecule has 0 saturated heterocycles. The summed E-state index contributed by atoms with van der Waals surface area (Å²) in [5, 5.41) is 2.50. The van der Waals surface area contributed by atoms with Crippen molar-refractivity contribution in [3.8, 4) is 11.5 Å². The van der Waals surface area contributed by atoms with Gasteiger partial charge >= 0.3 is 5.97 Å². The van der Waals surface area contributed by atoms with Crippen LogP contribution in [-0.4, -0.2) is 25.3 Å². The summed E-state index contributed by atoms with van der Waals surface area (Å²) in [6.45, 7) is 2.03. The van der Waals surface area contributed by atoms with Gasteiger partial charge in [-0.3, -0.25) is 4.79 Å². The van der Waals surface area contributed by atoms with Gasteiger partial charge in [-0.1, -0.05) is 6.07 Å². The van der Waals surface area contributed by atoms with E-state index in [1.54, 1.807) is 31.2 Å². The van der Waals surface area contributed by atoms with E-state index >= 15 is 0 Å². The lowest BCUT2D eigenvalue weighted by Crippen LogP contribution is -2.28. The lowest BCUT2D eigenvalue weighted by molar-refractivity contribution is -0.138. The summed E-state index contributed by atoms with van der Waals surface area (Å²) in [6, 6.07) is 8.26. The van der Waals surface area contributed by atoms with E-state index in [-0.39, 0.29) is 24.9 Å². The highest BCUT2D eigenvalue weighted by Gasteiger charge is 2.18. The summed E-state index contributed by atoms with van der Waals surface area (Å²) in [5.74, 6) is 0.111. The molecule has 24 heavy (non-hydrogen) atoms. The smallest absolute Gasteiger partial charge is 0.354 e. The summed E-state index contributed by atoms with van der Waals surface area (Å²) in [6.07, 6.45) is 2.88. The molecule has 0 aliphatic carbocycles. The number of carbonyl (C=O) groups excluding carboxylic acids is 2. The van der Waals surface area contributed by atoms with Crippen molar-refractivity contribution in [3.63, 3.8) is 0 Å². The fraction of sp³-hybridized carbons (Fsp3) is 0.176. The minimum Gasteiger partial charge on any atom is -0.461 e. The van der Waals surface area contributed by atoms with Gasteiger partial charge in [0.15, 0.2) is 17.3 Å². The molecule has 0 spiro atoms. The highest BCUT2D eigenvalue weighted by molar-refractivity contribution is 6.02. The largest absolute Gasteiger partial charge is 0.461 e. The van der Waals surface area contributed by atoms with Crippen LogP contribution in [0.15, 0.2) is 46.7 Å². The van der Waals surface area contributed by atoms with Crippen molar-refractivity contribution >= 4 is 18.0 Å². The van der Waals surface area contributed by atoms with Gasteiger partial charge in [0.2, 0.25) is 6.79 Å². The molecule has 1 aliphatic heterocycles. The van der Waals surface area contributed by atoms with Gasteiger partial charge in [0, 0.05) is 0 Å². The van der Waals surface area contributed by atoms with E-state index in [9.17, 15) is 9.59 Å². The molecule has 2 aromatic rings. The van der Waals surface area contributed by atoms with Gasteiger partial charge in [-0.2, -0.15) is 0 Å². The third kappa shape index (κ3) is 3.40. The molecule has 7 heteroatoms. The van der Waals surface area contributed by atoms with Crippen LogP contribution >= 0.6 is 0 Å². The van der Waals surface area contributed by atoms with Crippen LogP contribution in [0.5, 0.6) is 11.5 Å². The van der Waals surface area contributed by atoms with Crippen LogP contribution in [0.1, 0.15) is 23.0 Å². The zero-order valence-corrected chi connectivity index (χ0v) is 12.9. The van der Waals surface area contributed by atoms with E-state index in [4.69, 9.17) is 18.6 Å². The number of rotatable bonds is 5. The predicted octanol–water partition coefficient (Wildman–Crippen LogP) is 2.34. The minimum absolute atomic E-state index is 0.00267. The molecule has 1 aliphatic rings. The molecule has 0 radical (unpaired) electrons. The molecular formula is C17H15NO6. The lowest BCUT2D eigenvalue weighted by Gasteiger charge is -2.08. The second kappa shape index (κ2) is 6.91. The normalized spacial score (nSPS) is 12.8. The van der Waals surface area contributed by atoms with Gasteiger partial charge in [0.1, 0.15) is 5.70 Å². The highest BCUT2D eigenvalue weighted by Crippen LogP contribution is 2.33. The van der Waals surface area contributed by atoms with Crippen molar-refractivity contribution in [2.24, 2.45) is 0 Å². The van der Waals surface area contributed by atoms with E-state index in [0.29, 0.717) is 17.1 Å². The number of esters is 1. The first-order chi connectivity index (χ1) is 11.7. The molecule has 3 rings (SSSR count). The molecule has 2 heterocycles. The third-order valence-corrected chi connectivity index (χ3v) is 3.20. The van der Waals surface area contributed by atoms with E-state index in [1.165, 1.54) is 18.4 Å². The van der Waals surface area contributed by atoms with E-state index in [0.717, 1.165) is 0 Å². The Balaban J connectivity index is 1.86. The zero-order valence-electron chi connectivity index (χ0n) is 12.9. The Hall–Kier alpha value is -3.22. The fourth-order valence-corrected chi connectivity index (χ4v) is 2.12. The number of fused-ring (bicyclic) bond motifs is 1. The molecule has 7 nitrogen and oxygen atoms in total. The number of ether oxygens (including phenoxy) is 3. The Bertz CT molecular complexity index is 778. The Morgan fingerprint density at radius 1 is 1.25 bits per heavy atom. The van der Waals surface area contributed by atoms with Crippen molar-refractivity contribution in [2.45, 2.75) is 6.92 Å². The summed E-state index contributed by atoms with van der Waals surface area (Å²) in [7, 11) is 0. The van der Waals surface area contributed by atoms with Crippen LogP contribution in [0.3, 0.4) is 0 Å². The number of furan rings is 1. The monoisotopic (exact) mass is 329 g/mol. The summed E-state index contributed by atoms with van der Waals surface area (Å²) in [5.41, 5.74) is 0.652. The van der Waals surface area contributed by atoms with Crippen molar-refractivity contribution in [1.29, 1.82) is 0 Å². The molecule has 0 fully saturated rings. The fourth-order valence-electron chi connectivity index (χ4n) is 2.12. The van der Waals surface area contributed by atoms with E-state index in [1.807, 2.05) is 0 Å². The first kappa shape index (κ1) is 15.7. The van der Waals surface area contributed by atoms with Gasteiger partial charge in [-0.25, -0.2) is 4.79 Å². The minimum atomic E-state index is -0.643. The molecule has 0 unspecified atom stereocenters. The molecule has 0 bridgehead atoms. The molecule has 1 aromatic carbocycles. The van der Waals surface area contributed by atoms with Gasteiger partial charge < -0.3 is 23.9 Å². The lowest BCUT2D eigenvalue weighted by atomic mass is 10.1. The number of amides is 1. The molecular weight excluding hydrogens is 314 g/mol. The zero-order chi connectivity index (χ0) is 16.9. The van der Waals surface area contributed by atoms with Crippen molar-refractivity contribution in [3.05, 3.63) is 53.6 Å². The molecule has 124 valence electrons. The topological polar surface area (TPSA) is 87.0 Å². The second-order valence-electron chi connectivity index (χ2n) is 4.82. The van der Waals surface area contributed by atoms with Crippen LogP contribution in [0, 0.1) is 0 Å². The van der Waals surface area contributed by atoms with Gasteiger partial charge in [0.05, 0.1) is 12.9 Å². The van der Waals surface area contributed by atoms with Gasteiger partial charge in [-0.05, 0) is 42.8 Å². The Morgan fingerprint density at radius 3 is 2.83 bits per heavy atom. The van der Waals surface area contributed by atoms with Crippen molar-refractivity contribution in [1.82, 2.24) is 5.32 Å². The maximum atomic E-state index is 12.1. The van der Waals surface area contributed by atoms with Crippen LogP contribution in [0.25, 0.3) is 6.08 Å². The first-order valence-electron chi connectivity index (χ1n) is 7.30. The maximum absolute atomic E-state index is 12.1. The quantitative estimate of drug-likeness (QED) is 0.669. The molecule has 1 aromatic heterocycles. The van der Waals surface area contributed by atoms with Crippen LogP contribution < -0.4 is 14.8 Å². The number of hydrogen-bond acceptors (Lipinski definition) is 6. The third-order valence-electron chi connectivity index (χ3n) is 3.20. The van der Waals surface area contributed by atoms with Crippen LogP contribution in [0.4, 0.5) is 0 Å². The number of hydrogen-bond donors (Lipinski definition) is 1. The Labute approximate surface area is 137 Å². The van der Waals surface area contributed by atoms with Gasteiger partial charge in [0.25, 0.3) is 5.91 Å². The summed E-state index contributed by atoms with van der Waals surface area (Å²) in [4.78, 5) is 24.2. The standard InChI is InChI=1S/C17H15NO6/c1-2-21-17(20)12(18-16(19)14-4-3-7-22-14)8-11-5-6-13-15(9-11)24-10-23-13/h3-9H,2,10H2,1H3,(H,18,19). The second-order valence-corrected chi connectivity index (χ2v) is 4.82. The van der Waals surface area contributed by atoms with E-state index < -0.39 is 11.9 Å². The summed E-state index contributed by atoms with van der Waals surface area (Å²) < 4.78 is 20.5. The van der Waals surface area contributed by atoms with Crippen LogP contribution in [-0.2, 0) is 9.53 Å². The maximum Gasteiger partial charge on any atom is 0.354 e. The number of nitrogens with one attached hydrogen (secondary N) is 1. The van der Waals surface area contributed by atoms with Gasteiger partial charge in [-0.15, -0.1) is 0 Å². The predicted molar refractivity (Wildman–Crippen MR) is 83.3 cm³/mol. The molecule has 1 N–H and O–H groups in total. The summed E-state index contributed by atoms with van der Waals surface area (Å²) >= 11 is 0.